The molecule has 158 valence electrons. The van der Waals surface area contributed by atoms with Gasteiger partial charge in [-0.05, 0) is 62.4 Å². The van der Waals surface area contributed by atoms with Gasteiger partial charge in [0, 0.05) is 23.7 Å². The summed E-state index contributed by atoms with van der Waals surface area (Å²) >= 11 is 0. The summed E-state index contributed by atoms with van der Waals surface area (Å²) in [7, 11) is 0. The average molecular weight is 399 g/mol. The minimum absolute atomic E-state index is 0.00264. The Morgan fingerprint density at radius 2 is 1.97 bits per heavy atom. The van der Waals surface area contributed by atoms with Crippen molar-refractivity contribution in [3.05, 3.63) is 11.6 Å². The van der Waals surface area contributed by atoms with Crippen LogP contribution < -0.4 is 0 Å². The number of hydrogen-bond donors (Lipinski definition) is 0. The van der Waals surface area contributed by atoms with Crippen molar-refractivity contribution in [2.45, 2.75) is 102 Å². The second kappa shape index (κ2) is 5.55. The Hall–Kier alpha value is -1.16. The van der Waals surface area contributed by atoms with E-state index < -0.39 is 0 Å². The summed E-state index contributed by atoms with van der Waals surface area (Å²) in [6, 6.07) is 0. The third-order valence-corrected chi connectivity index (χ3v) is 10.5. The minimum atomic E-state index is -0.261. The maximum atomic E-state index is 12.3. The maximum Gasteiger partial charge on any atom is 0.306 e. The lowest BCUT2D eigenvalue weighted by molar-refractivity contribution is -0.166. The highest BCUT2D eigenvalue weighted by molar-refractivity contribution is 5.92. The molecule has 6 rings (SSSR count). The largest absolute Gasteiger partial charge is 0.458 e. The lowest BCUT2D eigenvalue weighted by atomic mass is 9.43. The lowest BCUT2D eigenvalue weighted by Gasteiger charge is -2.59. The smallest absolute Gasteiger partial charge is 0.306 e. The molecule has 0 amide bonds. The molecule has 0 aromatic rings. The van der Waals surface area contributed by atoms with E-state index in [1.807, 2.05) is 6.08 Å². The molecule has 0 aromatic heterocycles. The molecule has 2 aliphatic heterocycles. The third kappa shape index (κ3) is 2.01. The van der Waals surface area contributed by atoms with Gasteiger partial charge in [-0.2, -0.15) is 0 Å². The molecular formula is C25H34O4. The molecule has 0 N–H and O–H groups in total. The van der Waals surface area contributed by atoms with Crippen LogP contribution in [0.4, 0.5) is 0 Å². The van der Waals surface area contributed by atoms with Crippen molar-refractivity contribution < 1.29 is 19.1 Å². The van der Waals surface area contributed by atoms with Crippen molar-refractivity contribution in [2.75, 3.05) is 0 Å². The van der Waals surface area contributed by atoms with Crippen molar-refractivity contribution >= 4 is 11.8 Å². The van der Waals surface area contributed by atoms with Gasteiger partial charge in [0.2, 0.25) is 0 Å². The van der Waals surface area contributed by atoms with Crippen molar-refractivity contribution in [3.8, 4) is 0 Å². The van der Waals surface area contributed by atoms with Gasteiger partial charge in [0.1, 0.15) is 11.2 Å². The quantitative estimate of drug-likeness (QED) is 0.497. The first kappa shape index (κ1) is 18.6. The average Bonchev–Trinajstić information content (AvgIpc) is 3.16. The van der Waals surface area contributed by atoms with Gasteiger partial charge in [-0.3, -0.25) is 9.59 Å². The number of carbonyl (C=O) groups is 2. The van der Waals surface area contributed by atoms with E-state index in [-0.39, 0.29) is 34.1 Å². The fourth-order valence-corrected chi connectivity index (χ4v) is 9.10. The molecule has 0 radical (unpaired) electrons. The van der Waals surface area contributed by atoms with Crippen LogP contribution in [0.15, 0.2) is 11.6 Å². The molecule has 6 aliphatic rings. The van der Waals surface area contributed by atoms with E-state index in [2.05, 4.69) is 20.8 Å². The van der Waals surface area contributed by atoms with Crippen LogP contribution in [0.3, 0.4) is 0 Å². The van der Waals surface area contributed by atoms with E-state index in [1.54, 1.807) is 0 Å². The van der Waals surface area contributed by atoms with Crippen molar-refractivity contribution in [1.82, 2.24) is 0 Å². The van der Waals surface area contributed by atoms with Gasteiger partial charge in [-0.25, -0.2) is 0 Å². The topological polar surface area (TPSA) is 55.9 Å². The van der Waals surface area contributed by atoms with Crippen LogP contribution in [0, 0.1) is 28.6 Å². The van der Waals surface area contributed by atoms with Gasteiger partial charge in [0.15, 0.2) is 5.78 Å². The minimum Gasteiger partial charge on any atom is -0.458 e. The van der Waals surface area contributed by atoms with Crippen LogP contribution in [-0.2, 0) is 19.1 Å². The van der Waals surface area contributed by atoms with E-state index in [9.17, 15) is 9.59 Å². The predicted molar refractivity (Wildman–Crippen MR) is 108 cm³/mol. The molecule has 5 fully saturated rings. The van der Waals surface area contributed by atoms with Crippen LogP contribution >= 0.6 is 0 Å². The Balaban J connectivity index is 1.46. The number of fused-ring (bicyclic) bond motifs is 4. The molecule has 8 atom stereocenters. The predicted octanol–water partition coefficient (Wildman–Crippen LogP) is 4.75. The van der Waals surface area contributed by atoms with Crippen molar-refractivity contribution in [1.29, 1.82) is 0 Å². The summed E-state index contributed by atoms with van der Waals surface area (Å²) in [4.78, 5) is 24.4. The zero-order valence-electron chi connectivity index (χ0n) is 18.1. The summed E-state index contributed by atoms with van der Waals surface area (Å²) in [5, 5.41) is 0. The second-order valence-electron chi connectivity index (χ2n) is 11.4. The normalized spacial score (nSPS) is 54.9. The summed E-state index contributed by atoms with van der Waals surface area (Å²) in [6.07, 6.45) is 11.9. The van der Waals surface area contributed by atoms with Gasteiger partial charge >= 0.3 is 5.97 Å². The first-order chi connectivity index (χ1) is 13.8. The Morgan fingerprint density at radius 1 is 1.14 bits per heavy atom. The molecule has 2 heterocycles. The standard InChI is InChI=1S/C25H34O4/c1-4-5-15-12-16-13-17(26)6-9-22(16,2)25-19(28-25)14-23(3)18(21(15)25)7-10-24(23)11-8-20(27)29-24/h13,15,18-19,21H,4-12,14H2,1-3H3/t15-,18?,19-,21+,22+,23+,24-,25-/m1/s1. The fourth-order valence-electron chi connectivity index (χ4n) is 9.10. The molecule has 1 unspecified atom stereocenters. The Labute approximate surface area is 173 Å². The number of epoxide rings is 1. The van der Waals surface area contributed by atoms with Crippen LogP contribution in [0.2, 0.25) is 0 Å². The van der Waals surface area contributed by atoms with Gasteiger partial charge in [0.25, 0.3) is 0 Å². The molecule has 2 spiro atoms. The van der Waals surface area contributed by atoms with Crippen molar-refractivity contribution in [3.63, 3.8) is 0 Å². The molecule has 3 saturated carbocycles. The van der Waals surface area contributed by atoms with Gasteiger partial charge in [-0.15, -0.1) is 0 Å². The Morgan fingerprint density at radius 3 is 2.69 bits per heavy atom. The van der Waals surface area contributed by atoms with Crippen LogP contribution in [0.1, 0.15) is 85.0 Å². The summed E-state index contributed by atoms with van der Waals surface area (Å²) in [5.41, 5.74) is 1.06. The fraction of sp³-hybridized carbons (Fsp3) is 0.840. The highest BCUT2D eigenvalue weighted by atomic mass is 16.6. The number of ether oxygens (including phenoxy) is 2. The highest BCUT2D eigenvalue weighted by Gasteiger charge is 2.82. The summed E-state index contributed by atoms with van der Waals surface area (Å²) < 4.78 is 12.9. The van der Waals surface area contributed by atoms with E-state index in [4.69, 9.17) is 9.47 Å². The molecule has 4 aliphatic carbocycles. The molecule has 29 heavy (non-hydrogen) atoms. The number of ketones is 1. The van der Waals surface area contributed by atoms with E-state index >= 15 is 0 Å². The Kier molecular flexibility index (Phi) is 3.56. The van der Waals surface area contributed by atoms with Gasteiger partial charge in [0.05, 0.1) is 6.10 Å². The summed E-state index contributed by atoms with van der Waals surface area (Å²) in [6.45, 7) is 7.09. The third-order valence-electron chi connectivity index (χ3n) is 10.5. The first-order valence-corrected chi connectivity index (χ1v) is 11.9. The highest BCUT2D eigenvalue weighted by Crippen LogP contribution is 2.78. The number of esters is 1. The zero-order chi connectivity index (χ0) is 20.2. The monoisotopic (exact) mass is 398 g/mol. The van der Waals surface area contributed by atoms with Crippen LogP contribution in [0.5, 0.6) is 0 Å². The van der Waals surface area contributed by atoms with E-state index in [1.165, 1.54) is 18.4 Å². The van der Waals surface area contributed by atoms with Crippen molar-refractivity contribution in [2.24, 2.45) is 28.6 Å². The second-order valence-corrected chi connectivity index (χ2v) is 11.4. The SMILES string of the molecule is CCC[C@@H]1CC2=CC(=O)CC[C@]2(C)[C@@]23O[C@@H]2C[C@@]2(C)C(CC[C@@]24CCC(=O)O4)[C@H]13. The lowest BCUT2D eigenvalue weighted by Crippen LogP contribution is -2.62. The molecule has 0 aromatic carbocycles. The first-order valence-electron chi connectivity index (χ1n) is 11.9. The maximum absolute atomic E-state index is 12.3. The zero-order valence-corrected chi connectivity index (χ0v) is 18.1. The molecular weight excluding hydrogens is 364 g/mol. The van der Waals surface area contributed by atoms with E-state index in [0.29, 0.717) is 36.4 Å². The van der Waals surface area contributed by atoms with Crippen LogP contribution in [-0.4, -0.2) is 29.1 Å². The van der Waals surface area contributed by atoms with Gasteiger partial charge < -0.3 is 9.47 Å². The molecule has 4 nitrogen and oxygen atoms in total. The summed E-state index contributed by atoms with van der Waals surface area (Å²) in [5.74, 6) is 1.96. The molecule has 4 heteroatoms. The number of rotatable bonds is 2. The molecule has 2 saturated heterocycles. The Bertz CT molecular complexity index is 831. The number of hydrogen-bond acceptors (Lipinski definition) is 4. The van der Waals surface area contributed by atoms with Gasteiger partial charge in [-0.1, -0.05) is 39.2 Å². The van der Waals surface area contributed by atoms with Crippen LogP contribution in [0.25, 0.3) is 0 Å². The van der Waals surface area contributed by atoms with E-state index in [0.717, 1.165) is 38.5 Å². The number of carbonyl (C=O) groups excluding carboxylic acids is 2. The molecule has 0 bridgehead atoms.